The molecule has 8 nitrogen and oxygen atoms in total. The molecule has 3 rings (SSSR count). The topological polar surface area (TPSA) is 96.0 Å². The van der Waals surface area contributed by atoms with Gasteiger partial charge in [0.2, 0.25) is 21.8 Å². The Hall–Kier alpha value is -1.97. The van der Waals surface area contributed by atoms with Crippen molar-refractivity contribution in [2.24, 2.45) is 5.92 Å². The molecule has 2 saturated heterocycles. The van der Waals surface area contributed by atoms with Crippen LogP contribution in [-0.4, -0.2) is 67.3 Å². The Labute approximate surface area is 172 Å². The van der Waals surface area contributed by atoms with Crippen LogP contribution in [0.1, 0.15) is 34.1 Å². The number of nitrogens with zero attached hydrogens (tertiary/aromatic N) is 2. The first kappa shape index (κ1) is 21.7. The highest BCUT2D eigenvalue weighted by atomic mass is 32.2. The van der Waals surface area contributed by atoms with Crippen molar-refractivity contribution in [2.45, 2.75) is 57.3 Å². The summed E-state index contributed by atoms with van der Waals surface area (Å²) in [6, 6.07) is 6.21. The fraction of sp³-hybridized carbons (Fsp3) is 0.600. The number of morpholine rings is 1. The number of hydrogen-bond donors (Lipinski definition) is 1. The predicted octanol–water partition coefficient (Wildman–Crippen LogP) is 1.68. The van der Waals surface area contributed by atoms with Gasteiger partial charge in [0.05, 0.1) is 23.0 Å². The molecular weight excluding hydrogens is 394 g/mol. The number of amides is 2. The van der Waals surface area contributed by atoms with E-state index >= 15 is 0 Å². The second kappa shape index (κ2) is 8.41. The number of carbonyl (C=O) groups is 2. The molecule has 2 aliphatic heterocycles. The molecule has 0 aromatic heterocycles. The first-order valence-electron chi connectivity index (χ1n) is 9.94. The summed E-state index contributed by atoms with van der Waals surface area (Å²) in [5.74, 6) is -0.645. The normalized spacial score (nSPS) is 26.2. The summed E-state index contributed by atoms with van der Waals surface area (Å²) in [5.41, 5.74) is 0.508. The average Bonchev–Trinajstić information content (AvgIpc) is 3.03. The van der Waals surface area contributed by atoms with E-state index in [0.29, 0.717) is 25.3 Å². The number of hydrogen-bond acceptors (Lipinski definition) is 5. The number of rotatable bonds is 5. The molecule has 3 atom stereocenters. The van der Waals surface area contributed by atoms with Crippen LogP contribution in [0.4, 0.5) is 5.69 Å². The van der Waals surface area contributed by atoms with Crippen LogP contribution in [0.15, 0.2) is 29.2 Å². The lowest BCUT2D eigenvalue weighted by atomic mass is 10.1. The van der Waals surface area contributed by atoms with Gasteiger partial charge in [-0.05, 0) is 52.0 Å². The maximum Gasteiger partial charge on any atom is 0.243 e. The van der Waals surface area contributed by atoms with Gasteiger partial charge in [-0.25, -0.2) is 8.42 Å². The van der Waals surface area contributed by atoms with Crippen molar-refractivity contribution in [3.8, 4) is 0 Å². The number of sulfonamides is 1. The number of anilines is 1. The minimum atomic E-state index is -3.62. The van der Waals surface area contributed by atoms with Crippen LogP contribution < -0.4 is 5.32 Å². The van der Waals surface area contributed by atoms with E-state index in [0.717, 1.165) is 0 Å². The zero-order valence-electron chi connectivity index (χ0n) is 17.3. The van der Waals surface area contributed by atoms with Crippen molar-refractivity contribution in [3.05, 3.63) is 24.3 Å². The molecule has 29 heavy (non-hydrogen) atoms. The van der Waals surface area contributed by atoms with Crippen molar-refractivity contribution < 1.29 is 22.7 Å². The molecule has 2 amide bonds. The van der Waals surface area contributed by atoms with Crippen LogP contribution in [0.5, 0.6) is 0 Å². The van der Waals surface area contributed by atoms with Gasteiger partial charge in [-0.3, -0.25) is 9.59 Å². The molecular formula is C20H29N3O5S. The van der Waals surface area contributed by atoms with Gasteiger partial charge in [-0.15, -0.1) is 0 Å². The number of benzene rings is 1. The molecule has 160 valence electrons. The Morgan fingerprint density at radius 3 is 2.21 bits per heavy atom. The fourth-order valence-electron chi connectivity index (χ4n) is 3.84. The van der Waals surface area contributed by atoms with Crippen LogP contribution in [0.3, 0.4) is 0 Å². The highest BCUT2D eigenvalue weighted by Gasteiger charge is 2.36. The van der Waals surface area contributed by atoms with E-state index in [9.17, 15) is 18.0 Å². The van der Waals surface area contributed by atoms with Gasteiger partial charge in [0, 0.05) is 37.8 Å². The Morgan fingerprint density at radius 1 is 1.10 bits per heavy atom. The number of ether oxygens (including phenoxy) is 1. The van der Waals surface area contributed by atoms with Gasteiger partial charge in [-0.1, -0.05) is 0 Å². The van der Waals surface area contributed by atoms with E-state index in [1.54, 1.807) is 17.0 Å². The van der Waals surface area contributed by atoms with Gasteiger partial charge in [0.25, 0.3) is 0 Å². The van der Waals surface area contributed by atoms with E-state index in [-0.39, 0.29) is 41.4 Å². The molecule has 0 aliphatic carbocycles. The molecule has 1 aromatic carbocycles. The SMILES string of the molecule is CC1CN(S(=O)(=O)c2ccc(NC(=O)C3CC(=O)N(C(C)C)C3)cc2)CC(C)O1. The first-order chi connectivity index (χ1) is 13.6. The monoisotopic (exact) mass is 423 g/mol. The van der Waals surface area contributed by atoms with Crippen molar-refractivity contribution in [2.75, 3.05) is 25.0 Å². The van der Waals surface area contributed by atoms with Gasteiger partial charge in [0.15, 0.2) is 0 Å². The molecule has 9 heteroatoms. The molecule has 2 fully saturated rings. The summed E-state index contributed by atoms with van der Waals surface area (Å²) < 4.78 is 32.8. The van der Waals surface area contributed by atoms with Crippen molar-refractivity contribution in [1.29, 1.82) is 0 Å². The van der Waals surface area contributed by atoms with Gasteiger partial charge in [-0.2, -0.15) is 4.31 Å². The van der Waals surface area contributed by atoms with E-state index in [1.807, 2.05) is 27.7 Å². The number of carbonyl (C=O) groups excluding carboxylic acids is 2. The van der Waals surface area contributed by atoms with Crippen molar-refractivity contribution in [3.63, 3.8) is 0 Å². The zero-order chi connectivity index (χ0) is 21.3. The fourth-order valence-corrected chi connectivity index (χ4v) is 5.43. The highest BCUT2D eigenvalue weighted by Crippen LogP contribution is 2.24. The Morgan fingerprint density at radius 2 is 1.69 bits per heavy atom. The molecule has 2 aliphatic rings. The van der Waals surface area contributed by atoms with Crippen LogP contribution >= 0.6 is 0 Å². The summed E-state index contributed by atoms with van der Waals surface area (Å²) in [6.07, 6.45) is -0.123. The number of nitrogens with one attached hydrogen (secondary N) is 1. The molecule has 3 unspecified atom stereocenters. The van der Waals surface area contributed by atoms with Crippen molar-refractivity contribution in [1.82, 2.24) is 9.21 Å². The van der Waals surface area contributed by atoms with E-state index in [4.69, 9.17) is 4.74 Å². The standard InChI is InChI=1S/C20H29N3O5S/c1-13(2)23-12-16(9-19(23)24)20(25)21-17-5-7-18(8-6-17)29(26,27)22-10-14(3)28-15(4)11-22/h5-8,13-16H,9-12H2,1-4H3,(H,21,25). The molecule has 0 saturated carbocycles. The second-order valence-electron chi connectivity index (χ2n) is 8.13. The third-order valence-corrected chi connectivity index (χ3v) is 7.14. The molecule has 1 aromatic rings. The van der Waals surface area contributed by atoms with E-state index in [2.05, 4.69) is 5.32 Å². The van der Waals surface area contributed by atoms with Crippen LogP contribution in [-0.2, 0) is 24.3 Å². The molecule has 2 heterocycles. The molecule has 0 spiro atoms. The van der Waals surface area contributed by atoms with Crippen molar-refractivity contribution >= 4 is 27.5 Å². The average molecular weight is 424 g/mol. The minimum absolute atomic E-state index is 0.0180. The first-order valence-corrected chi connectivity index (χ1v) is 11.4. The zero-order valence-corrected chi connectivity index (χ0v) is 18.1. The number of likely N-dealkylation sites (tertiary alicyclic amines) is 1. The van der Waals surface area contributed by atoms with Crippen LogP contribution in [0, 0.1) is 5.92 Å². The molecule has 0 bridgehead atoms. The van der Waals surface area contributed by atoms with Crippen LogP contribution in [0.25, 0.3) is 0 Å². The Bertz CT molecular complexity index is 859. The van der Waals surface area contributed by atoms with Gasteiger partial charge in [0.1, 0.15) is 0 Å². The third kappa shape index (κ3) is 4.79. The van der Waals surface area contributed by atoms with E-state index in [1.165, 1.54) is 16.4 Å². The summed E-state index contributed by atoms with van der Waals surface area (Å²) >= 11 is 0. The maximum absolute atomic E-state index is 12.9. The maximum atomic E-state index is 12.9. The lowest BCUT2D eigenvalue weighted by Crippen LogP contribution is -2.48. The molecule has 1 N–H and O–H groups in total. The molecule has 0 radical (unpaired) electrons. The summed E-state index contributed by atoms with van der Waals surface area (Å²) in [5, 5.41) is 2.79. The minimum Gasteiger partial charge on any atom is -0.373 e. The second-order valence-corrected chi connectivity index (χ2v) is 10.1. The Kier molecular flexibility index (Phi) is 6.30. The predicted molar refractivity (Wildman–Crippen MR) is 109 cm³/mol. The highest BCUT2D eigenvalue weighted by molar-refractivity contribution is 7.89. The smallest absolute Gasteiger partial charge is 0.243 e. The summed E-state index contributed by atoms with van der Waals surface area (Å²) in [7, 11) is -3.62. The summed E-state index contributed by atoms with van der Waals surface area (Å²) in [4.78, 5) is 26.4. The van der Waals surface area contributed by atoms with Gasteiger partial charge >= 0.3 is 0 Å². The van der Waals surface area contributed by atoms with Crippen LogP contribution in [0.2, 0.25) is 0 Å². The largest absolute Gasteiger partial charge is 0.373 e. The van der Waals surface area contributed by atoms with E-state index < -0.39 is 15.9 Å². The Balaban J connectivity index is 1.66. The quantitative estimate of drug-likeness (QED) is 0.777. The lowest BCUT2D eigenvalue weighted by molar-refractivity contribution is -0.129. The summed E-state index contributed by atoms with van der Waals surface area (Å²) in [6.45, 7) is 8.58. The third-order valence-electron chi connectivity index (χ3n) is 5.30. The lowest BCUT2D eigenvalue weighted by Gasteiger charge is -2.34. The van der Waals surface area contributed by atoms with Gasteiger partial charge < -0.3 is 15.0 Å².